The molecule has 1 aromatic carbocycles. The number of carbonyl (C=O) groups excluding carboxylic acids is 2. The normalized spacial score (nSPS) is 21.0. The number of hydrogen-bond acceptors (Lipinski definition) is 3. The molecule has 2 amide bonds. The van der Waals surface area contributed by atoms with Gasteiger partial charge in [0, 0.05) is 11.6 Å². The van der Waals surface area contributed by atoms with Crippen molar-refractivity contribution in [1.29, 1.82) is 0 Å². The molecule has 3 rings (SSSR count). The van der Waals surface area contributed by atoms with Crippen molar-refractivity contribution >= 4 is 23.2 Å². The van der Waals surface area contributed by atoms with Gasteiger partial charge in [0.1, 0.15) is 6.04 Å². The van der Waals surface area contributed by atoms with Gasteiger partial charge in [-0.05, 0) is 43.4 Å². The molecule has 1 heterocycles. The summed E-state index contributed by atoms with van der Waals surface area (Å²) in [7, 11) is 0. The Labute approximate surface area is 143 Å². The van der Waals surface area contributed by atoms with E-state index in [-0.39, 0.29) is 23.9 Å². The Morgan fingerprint density at radius 2 is 1.96 bits per heavy atom. The van der Waals surface area contributed by atoms with Gasteiger partial charge in [-0.3, -0.25) is 9.59 Å². The molecule has 1 fully saturated rings. The maximum atomic E-state index is 12.4. The van der Waals surface area contributed by atoms with Crippen LogP contribution in [0.25, 0.3) is 0 Å². The molecule has 0 aromatic heterocycles. The van der Waals surface area contributed by atoms with Crippen molar-refractivity contribution < 1.29 is 9.59 Å². The van der Waals surface area contributed by atoms with Crippen LogP contribution in [0.4, 0.5) is 11.4 Å². The van der Waals surface area contributed by atoms with Crippen molar-refractivity contribution in [2.45, 2.75) is 64.5 Å². The summed E-state index contributed by atoms with van der Waals surface area (Å²) >= 11 is 0. The molecule has 24 heavy (non-hydrogen) atoms. The Morgan fingerprint density at radius 1 is 1.21 bits per heavy atom. The second-order valence-corrected chi connectivity index (χ2v) is 7.38. The zero-order valence-corrected chi connectivity index (χ0v) is 14.5. The minimum Gasteiger partial charge on any atom is -0.372 e. The first-order valence-corrected chi connectivity index (χ1v) is 9.05. The van der Waals surface area contributed by atoms with Gasteiger partial charge in [0.05, 0.1) is 11.4 Å². The molecule has 0 bridgehead atoms. The number of fused-ring (bicyclic) bond motifs is 1. The molecule has 5 heteroatoms. The molecule has 2 aliphatic rings. The van der Waals surface area contributed by atoms with E-state index in [0.717, 1.165) is 24.9 Å². The largest absolute Gasteiger partial charge is 0.372 e. The van der Waals surface area contributed by atoms with Gasteiger partial charge in [-0.15, -0.1) is 0 Å². The van der Waals surface area contributed by atoms with E-state index in [1.807, 2.05) is 12.1 Å². The topological polar surface area (TPSA) is 70.2 Å². The van der Waals surface area contributed by atoms with Crippen LogP contribution in [0.1, 0.15) is 62.7 Å². The van der Waals surface area contributed by atoms with Crippen LogP contribution in [-0.4, -0.2) is 23.9 Å². The minimum atomic E-state index is -0.209. The smallest absolute Gasteiger partial charge is 0.251 e. The van der Waals surface area contributed by atoms with E-state index in [2.05, 4.69) is 29.8 Å². The molecule has 5 nitrogen and oxygen atoms in total. The highest BCUT2D eigenvalue weighted by atomic mass is 16.2. The lowest BCUT2D eigenvalue weighted by molar-refractivity contribution is -0.117. The van der Waals surface area contributed by atoms with Gasteiger partial charge in [-0.2, -0.15) is 0 Å². The Bertz CT molecular complexity index is 621. The third-order valence-corrected chi connectivity index (χ3v) is 4.83. The molecule has 0 spiro atoms. The van der Waals surface area contributed by atoms with Crippen molar-refractivity contribution in [3.05, 3.63) is 23.8 Å². The highest BCUT2D eigenvalue weighted by Gasteiger charge is 2.27. The number of nitrogens with one attached hydrogen (secondary N) is 3. The summed E-state index contributed by atoms with van der Waals surface area (Å²) in [6.45, 7) is 4.20. The van der Waals surface area contributed by atoms with Crippen LogP contribution in [-0.2, 0) is 4.79 Å². The summed E-state index contributed by atoms with van der Waals surface area (Å²) in [6, 6.07) is 5.56. The number of rotatable bonds is 4. The Kier molecular flexibility index (Phi) is 5.07. The summed E-state index contributed by atoms with van der Waals surface area (Å²) in [4.78, 5) is 24.7. The number of anilines is 2. The van der Waals surface area contributed by atoms with Gasteiger partial charge >= 0.3 is 0 Å². The van der Waals surface area contributed by atoms with Crippen LogP contribution in [0.15, 0.2) is 18.2 Å². The summed E-state index contributed by atoms with van der Waals surface area (Å²) in [5, 5.41) is 9.33. The monoisotopic (exact) mass is 329 g/mol. The van der Waals surface area contributed by atoms with Crippen molar-refractivity contribution in [3.8, 4) is 0 Å². The molecule has 1 saturated carbocycles. The second kappa shape index (κ2) is 7.24. The lowest BCUT2D eigenvalue weighted by Crippen LogP contribution is -2.40. The van der Waals surface area contributed by atoms with Crippen LogP contribution in [0.5, 0.6) is 0 Å². The molecule has 1 atom stereocenters. The van der Waals surface area contributed by atoms with Crippen molar-refractivity contribution in [3.63, 3.8) is 0 Å². The van der Waals surface area contributed by atoms with Crippen LogP contribution >= 0.6 is 0 Å². The van der Waals surface area contributed by atoms with E-state index < -0.39 is 0 Å². The zero-order valence-electron chi connectivity index (χ0n) is 14.5. The van der Waals surface area contributed by atoms with E-state index in [1.165, 1.54) is 19.3 Å². The first-order valence-electron chi connectivity index (χ1n) is 9.05. The number of carbonyl (C=O) groups is 2. The molecule has 0 saturated heterocycles. The van der Waals surface area contributed by atoms with Crippen LogP contribution in [0.2, 0.25) is 0 Å². The molecule has 0 radical (unpaired) electrons. The highest BCUT2D eigenvalue weighted by molar-refractivity contribution is 6.05. The number of amides is 2. The number of hydrogen-bond donors (Lipinski definition) is 3. The molecular formula is C19H27N3O2. The minimum absolute atomic E-state index is 0.0268. The van der Waals surface area contributed by atoms with Crippen LogP contribution in [0, 0.1) is 5.92 Å². The van der Waals surface area contributed by atoms with Crippen molar-refractivity contribution in [2.24, 2.45) is 5.92 Å². The fraction of sp³-hybridized carbons (Fsp3) is 0.579. The average Bonchev–Trinajstić information content (AvgIpc) is 2.55. The zero-order chi connectivity index (χ0) is 17.1. The van der Waals surface area contributed by atoms with E-state index in [1.54, 1.807) is 6.07 Å². The highest BCUT2D eigenvalue weighted by Crippen LogP contribution is 2.29. The first kappa shape index (κ1) is 16.8. The molecular weight excluding hydrogens is 302 g/mol. The molecule has 1 aliphatic heterocycles. The predicted molar refractivity (Wildman–Crippen MR) is 96.3 cm³/mol. The fourth-order valence-electron chi connectivity index (χ4n) is 3.54. The molecule has 1 unspecified atom stereocenters. The third-order valence-electron chi connectivity index (χ3n) is 4.83. The van der Waals surface area contributed by atoms with Crippen LogP contribution in [0.3, 0.4) is 0 Å². The van der Waals surface area contributed by atoms with Crippen molar-refractivity contribution in [1.82, 2.24) is 5.32 Å². The summed E-state index contributed by atoms with van der Waals surface area (Å²) in [6.07, 6.45) is 6.55. The van der Waals surface area contributed by atoms with Gasteiger partial charge in [0.25, 0.3) is 5.91 Å². The van der Waals surface area contributed by atoms with E-state index in [0.29, 0.717) is 17.2 Å². The third kappa shape index (κ3) is 3.89. The molecule has 1 aromatic rings. The van der Waals surface area contributed by atoms with Crippen molar-refractivity contribution in [2.75, 3.05) is 10.6 Å². The van der Waals surface area contributed by atoms with Gasteiger partial charge in [0.2, 0.25) is 5.91 Å². The van der Waals surface area contributed by atoms with E-state index in [9.17, 15) is 9.59 Å². The van der Waals surface area contributed by atoms with E-state index in [4.69, 9.17) is 0 Å². The first-order chi connectivity index (χ1) is 11.5. The van der Waals surface area contributed by atoms with Crippen LogP contribution < -0.4 is 16.0 Å². The lowest BCUT2D eigenvalue weighted by atomic mass is 9.95. The molecule has 3 N–H and O–H groups in total. The quantitative estimate of drug-likeness (QED) is 0.791. The maximum Gasteiger partial charge on any atom is 0.251 e. The second-order valence-electron chi connectivity index (χ2n) is 7.38. The summed E-state index contributed by atoms with van der Waals surface area (Å²) in [5.41, 5.74) is 2.18. The Hall–Kier alpha value is -2.04. The fourth-order valence-corrected chi connectivity index (χ4v) is 3.54. The van der Waals surface area contributed by atoms with Gasteiger partial charge < -0.3 is 16.0 Å². The summed E-state index contributed by atoms with van der Waals surface area (Å²) in [5.74, 6) is 0.361. The predicted octanol–water partition coefficient (Wildman–Crippen LogP) is 3.53. The van der Waals surface area contributed by atoms with E-state index >= 15 is 0 Å². The molecule has 130 valence electrons. The summed E-state index contributed by atoms with van der Waals surface area (Å²) < 4.78 is 0. The lowest BCUT2D eigenvalue weighted by Gasteiger charge is -2.28. The number of benzene rings is 1. The van der Waals surface area contributed by atoms with Gasteiger partial charge in [0.15, 0.2) is 0 Å². The average molecular weight is 329 g/mol. The van der Waals surface area contributed by atoms with Gasteiger partial charge in [-0.25, -0.2) is 0 Å². The standard InChI is InChI=1S/C19H27N3O2/c1-12(2)10-17-19(24)22-16-11-13(8-9-15(16)21-17)18(23)20-14-6-4-3-5-7-14/h8-9,11-12,14,17,21H,3-7,10H2,1-2H3,(H,20,23)(H,22,24). The molecule has 1 aliphatic carbocycles. The Morgan fingerprint density at radius 3 is 2.67 bits per heavy atom. The SMILES string of the molecule is CC(C)CC1Nc2ccc(C(=O)NC3CCCCC3)cc2NC1=O. The van der Waals surface area contributed by atoms with Gasteiger partial charge in [-0.1, -0.05) is 33.1 Å². The maximum absolute atomic E-state index is 12.4. The Balaban J connectivity index is 1.69.